The first kappa shape index (κ1) is 25.9. The Morgan fingerprint density at radius 1 is 1.05 bits per heavy atom. The number of nitrogens with zero attached hydrogens (tertiary/aromatic N) is 2. The molecule has 1 unspecified atom stereocenters. The van der Waals surface area contributed by atoms with Crippen molar-refractivity contribution in [1.29, 1.82) is 5.41 Å². The zero-order valence-corrected chi connectivity index (χ0v) is 20.4. The highest BCUT2D eigenvalue weighted by atomic mass is 19.4. The monoisotopic (exact) mass is 533 g/mol. The highest BCUT2D eigenvalue weighted by Crippen LogP contribution is 2.48. The summed E-state index contributed by atoms with van der Waals surface area (Å²) in [5, 5.41) is 29.3. The number of halogens is 4. The van der Waals surface area contributed by atoms with E-state index in [0.29, 0.717) is 28.1 Å². The van der Waals surface area contributed by atoms with Gasteiger partial charge in [-0.1, -0.05) is 24.3 Å². The summed E-state index contributed by atoms with van der Waals surface area (Å²) in [6.45, 7) is 3.92. The van der Waals surface area contributed by atoms with Crippen LogP contribution in [0.3, 0.4) is 0 Å². The lowest BCUT2D eigenvalue weighted by atomic mass is 9.84. The Bertz CT molecular complexity index is 1660. The fraction of sp³-hybridized carbons (Fsp3) is 0.103. The van der Waals surface area contributed by atoms with Crippen LogP contribution in [0.2, 0.25) is 0 Å². The first-order valence-electron chi connectivity index (χ1n) is 11.9. The average molecular weight is 534 g/mol. The third-order valence-corrected chi connectivity index (χ3v) is 6.57. The van der Waals surface area contributed by atoms with Crippen LogP contribution in [-0.4, -0.2) is 32.3 Å². The third-order valence-electron chi connectivity index (χ3n) is 6.57. The first-order chi connectivity index (χ1) is 18.7. The summed E-state index contributed by atoms with van der Waals surface area (Å²) in [5.74, 6) is -0.439. The number of rotatable bonds is 8. The largest absolute Gasteiger partial charge is 0.425 e. The Hall–Kier alpha value is -4.70. The van der Waals surface area contributed by atoms with Crippen molar-refractivity contribution in [3.8, 4) is 11.3 Å². The standard InChI is InChI=1S/C29H23F4N5O/c1-2-13-38-17-24(23-9-3-18(15-27(23)38)26-11-12-35-37-26)28(39,29(31,32)33)20-4-10-25(19(14-20)16-34)36-22-7-5-21(30)6-8-22/h2-12,14-17,34,36,39H,1,13H2,(H,35,37). The van der Waals surface area contributed by atoms with Crippen molar-refractivity contribution in [1.82, 2.24) is 14.8 Å². The molecule has 39 heavy (non-hydrogen) atoms. The van der Waals surface area contributed by atoms with Crippen LogP contribution in [0.25, 0.3) is 22.2 Å². The van der Waals surface area contributed by atoms with Crippen molar-refractivity contribution in [3.63, 3.8) is 0 Å². The van der Waals surface area contributed by atoms with Crippen LogP contribution in [0.5, 0.6) is 0 Å². The van der Waals surface area contributed by atoms with Crippen LogP contribution < -0.4 is 5.32 Å². The maximum Gasteiger partial charge on any atom is 0.425 e. The van der Waals surface area contributed by atoms with Crippen LogP contribution >= 0.6 is 0 Å². The molecule has 0 aliphatic rings. The van der Waals surface area contributed by atoms with Crippen LogP contribution in [0, 0.1) is 11.2 Å². The molecule has 1 atom stereocenters. The van der Waals surface area contributed by atoms with E-state index in [2.05, 4.69) is 22.1 Å². The second-order valence-corrected chi connectivity index (χ2v) is 8.97. The van der Waals surface area contributed by atoms with Gasteiger partial charge in [0.05, 0.1) is 5.69 Å². The SMILES string of the molecule is C=CCn1cc(C(O)(c2ccc(Nc3ccc(F)cc3)c(C=N)c2)C(F)(F)F)c2ccc(-c3ccn[nH]3)cc21. The van der Waals surface area contributed by atoms with Crippen LogP contribution in [0.4, 0.5) is 28.9 Å². The molecule has 0 aliphatic carbocycles. The van der Waals surface area contributed by atoms with Gasteiger partial charge in [0.15, 0.2) is 0 Å². The van der Waals surface area contributed by atoms with Gasteiger partial charge in [0.1, 0.15) is 5.82 Å². The molecular weight excluding hydrogens is 510 g/mol. The van der Waals surface area contributed by atoms with Crippen LogP contribution in [-0.2, 0) is 12.1 Å². The van der Waals surface area contributed by atoms with Gasteiger partial charge in [-0.2, -0.15) is 18.3 Å². The molecule has 2 aromatic heterocycles. The summed E-state index contributed by atoms with van der Waals surface area (Å²) in [6.07, 6.45) is 0.205. The van der Waals surface area contributed by atoms with Gasteiger partial charge in [-0.05, 0) is 54.1 Å². The first-order valence-corrected chi connectivity index (χ1v) is 11.9. The number of anilines is 2. The summed E-state index contributed by atoms with van der Waals surface area (Å²) >= 11 is 0. The molecule has 5 aromatic rings. The van der Waals surface area contributed by atoms with Crippen molar-refractivity contribution in [2.24, 2.45) is 0 Å². The fourth-order valence-electron chi connectivity index (χ4n) is 4.64. The van der Waals surface area contributed by atoms with E-state index in [0.717, 1.165) is 12.3 Å². The summed E-state index contributed by atoms with van der Waals surface area (Å²) in [5.41, 5.74) is -1.39. The fourth-order valence-corrected chi connectivity index (χ4v) is 4.64. The van der Waals surface area contributed by atoms with Gasteiger partial charge >= 0.3 is 6.18 Å². The number of hydrogen-bond acceptors (Lipinski definition) is 4. The minimum Gasteiger partial charge on any atom is -0.372 e. The van der Waals surface area contributed by atoms with Crippen LogP contribution in [0.1, 0.15) is 16.7 Å². The Labute approximate surface area is 220 Å². The quantitative estimate of drug-likeness (QED) is 0.0994. The maximum atomic E-state index is 14.8. The molecule has 0 fully saturated rings. The number of alkyl halides is 3. The number of hydrogen-bond donors (Lipinski definition) is 4. The number of aromatic amines is 1. The van der Waals surface area contributed by atoms with E-state index >= 15 is 0 Å². The Morgan fingerprint density at radius 3 is 2.46 bits per heavy atom. The zero-order chi connectivity index (χ0) is 27.8. The maximum absolute atomic E-state index is 14.8. The van der Waals surface area contributed by atoms with Gasteiger partial charge in [-0.3, -0.25) is 5.10 Å². The molecule has 4 N–H and O–H groups in total. The number of aromatic nitrogens is 3. The summed E-state index contributed by atoms with van der Waals surface area (Å²) in [7, 11) is 0. The van der Waals surface area contributed by atoms with Crippen molar-refractivity contribution in [3.05, 3.63) is 114 Å². The number of fused-ring (bicyclic) bond motifs is 1. The van der Waals surface area contributed by atoms with Gasteiger partial charge in [-0.15, -0.1) is 6.58 Å². The van der Waals surface area contributed by atoms with Gasteiger partial charge in [0.2, 0.25) is 5.60 Å². The molecular formula is C29H23F4N5O. The molecule has 6 nitrogen and oxygen atoms in total. The van der Waals surface area contributed by atoms with Crippen molar-refractivity contribution >= 4 is 28.5 Å². The average Bonchev–Trinajstić information content (AvgIpc) is 3.58. The minimum absolute atomic E-state index is 0.107. The number of aliphatic hydroxyl groups is 1. The smallest absolute Gasteiger partial charge is 0.372 e. The normalized spacial score (nSPS) is 13.3. The lowest BCUT2D eigenvalue weighted by Gasteiger charge is -2.31. The van der Waals surface area contributed by atoms with E-state index < -0.39 is 23.2 Å². The third kappa shape index (κ3) is 4.59. The van der Waals surface area contributed by atoms with Crippen molar-refractivity contribution in [2.45, 2.75) is 18.3 Å². The summed E-state index contributed by atoms with van der Waals surface area (Å²) in [4.78, 5) is 0. The molecule has 10 heteroatoms. The Kier molecular flexibility index (Phi) is 6.57. The van der Waals surface area contributed by atoms with Gasteiger partial charge in [-0.25, -0.2) is 4.39 Å². The minimum atomic E-state index is -5.10. The second kappa shape index (κ2) is 9.88. The zero-order valence-electron chi connectivity index (χ0n) is 20.4. The van der Waals surface area contributed by atoms with E-state index in [4.69, 9.17) is 5.41 Å². The Balaban J connectivity index is 1.66. The van der Waals surface area contributed by atoms with Crippen molar-refractivity contribution < 1.29 is 22.7 Å². The van der Waals surface area contributed by atoms with E-state index in [-0.39, 0.29) is 23.1 Å². The van der Waals surface area contributed by atoms with E-state index in [9.17, 15) is 22.7 Å². The van der Waals surface area contributed by atoms with Gasteiger partial charge < -0.3 is 20.4 Å². The predicted octanol–water partition coefficient (Wildman–Crippen LogP) is 6.90. The molecule has 198 valence electrons. The number of H-pyrrole nitrogens is 1. The number of benzene rings is 3. The van der Waals surface area contributed by atoms with E-state index in [1.54, 1.807) is 41.1 Å². The molecule has 0 amide bonds. The molecule has 0 saturated heterocycles. The van der Waals surface area contributed by atoms with Crippen molar-refractivity contribution in [2.75, 3.05) is 5.32 Å². The predicted molar refractivity (Wildman–Crippen MR) is 143 cm³/mol. The Morgan fingerprint density at radius 2 is 1.82 bits per heavy atom. The van der Waals surface area contributed by atoms with Gasteiger partial charge in [0, 0.05) is 64.1 Å². The molecule has 3 aromatic carbocycles. The summed E-state index contributed by atoms with van der Waals surface area (Å²) in [6, 6.07) is 15.7. The highest BCUT2D eigenvalue weighted by molar-refractivity contribution is 5.91. The molecule has 0 bridgehead atoms. The lowest BCUT2D eigenvalue weighted by Crippen LogP contribution is -2.43. The lowest BCUT2D eigenvalue weighted by molar-refractivity contribution is -0.247. The molecule has 2 heterocycles. The second-order valence-electron chi connectivity index (χ2n) is 8.97. The highest BCUT2D eigenvalue weighted by Gasteiger charge is 2.57. The van der Waals surface area contributed by atoms with E-state index in [1.807, 2.05) is 0 Å². The molecule has 0 radical (unpaired) electrons. The van der Waals surface area contributed by atoms with Crippen LogP contribution in [0.15, 0.2) is 91.8 Å². The number of allylic oxidation sites excluding steroid dienone is 1. The van der Waals surface area contributed by atoms with E-state index in [1.165, 1.54) is 42.6 Å². The van der Waals surface area contributed by atoms with Gasteiger partial charge in [0.25, 0.3) is 0 Å². The molecule has 5 rings (SSSR count). The molecule has 0 spiro atoms. The topological polar surface area (TPSA) is 89.7 Å². The summed E-state index contributed by atoms with van der Waals surface area (Å²) < 4.78 is 59.3. The molecule has 0 aliphatic heterocycles. The number of nitrogens with one attached hydrogen (secondary N) is 3. The molecule has 0 saturated carbocycles.